The lowest BCUT2D eigenvalue weighted by molar-refractivity contribution is 0.00452. The van der Waals surface area contributed by atoms with E-state index in [1.807, 2.05) is 46.1 Å². The lowest BCUT2D eigenvalue weighted by atomic mass is 10.0. The van der Waals surface area contributed by atoms with Gasteiger partial charge in [-0.05, 0) is 57.7 Å². The first-order valence-electron chi connectivity index (χ1n) is 8.82. The number of rotatable bonds is 2. The number of aromatic nitrogens is 4. The van der Waals surface area contributed by atoms with Crippen LogP contribution in [0.4, 0.5) is 16.4 Å². The number of hydrogen-bond acceptors (Lipinski definition) is 7. The van der Waals surface area contributed by atoms with Gasteiger partial charge in [0.25, 0.3) is 0 Å². The molecule has 0 radical (unpaired) electrons. The average molecular weight is 421 g/mol. The average Bonchev–Trinajstić information content (AvgIpc) is 3.22. The van der Waals surface area contributed by atoms with E-state index < -0.39 is 11.1 Å². The van der Waals surface area contributed by atoms with Crippen molar-refractivity contribution in [3.05, 3.63) is 28.0 Å². The van der Waals surface area contributed by atoms with Gasteiger partial charge in [0, 0.05) is 5.56 Å². The smallest absolute Gasteiger partial charge is 0.411 e. The van der Waals surface area contributed by atoms with E-state index in [-0.39, 0.29) is 11.4 Å². The highest BCUT2D eigenvalue weighted by atomic mass is 35.5. The molecule has 3 aromatic rings. The first-order chi connectivity index (χ1) is 13.1. The fraction of sp³-hybridized carbons (Fsp3) is 0.444. The Bertz CT molecular complexity index is 1070. The number of ether oxygens (including phenoxy) is 1. The number of carbonyl (C=O) groups is 1. The van der Waals surface area contributed by atoms with E-state index in [1.165, 1.54) is 11.3 Å². The number of thiophene rings is 1. The van der Waals surface area contributed by atoms with Crippen LogP contribution in [-0.2, 0) is 16.8 Å². The van der Waals surface area contributed by atoms with E-state index in [2.05, 4.69) is 25.5 Å². The van der Waals surface area contributed by atoms with Gasteiger partial charge in [0.2, 0.25) is 5.28 Å². The molecule has 0 fully saturated rings. The number of H-pyrrole nitrogens is 1. The molecule has 10 heteroatoms. The van der Waals surface area contributed by atoms with Gasteiger partial charge < -0.3 is 10.1 Å². The molecule has 28 heavy (non-hydrogen) atoms. The highest BCUT2D eigenvalue weighted by molar-refractivity contribution is 7.17. The number of hydrogen-bond donors (Lipinski definition) is 2. The molecule has 1 aliphatic rings. The number of fused-ring (bicyclic) bond motifs is 2. The summed E-state index contributed by atoms with van der Waals surface area (Å²) < 4.78 is 6.47. The summed E-state index contributed by atoms with van der Waals surface area (Å²) in [5.41, 5.74) is 1.39. The number of amides is 1. The van der Waals surface area contributed by atoms with E-state index in [4.69, 9.17) is 16.3 Å². The van der Waals surface area contributed by atoms with Gasteiger partial charge in [-0.3, -0.25) is 10.00 Å². The Labute approximate surface area is 171 Å². The maximum atomic E-state index is 12.7. The van der Waals surface area contributed by atoms with Gasteiger partial charge >= 0.3 is 6.09 Å². The van der Waals surface area contributed by atoms with Crippen molar-refractivity contribution in [3.8, 4) is 0 Å². The zero-order chi connectivity index (χ0) is 20.3. The van der Waals surface area contributed by atoms with Crippen LogP contribution in [0.2, 0.25) is 5.28 Å². The monoisotopic (exact) mass is 420 g/mol. The summed E-state index contributed by atoms with van der Waals surface area (Å²) in [5, 5.41) is 12.8. The summed E-state index contributed by atoms with van der Waals surface area (Å²) in [6.45, 7) is 9.86. The highest BCUT2D eigenvalue weighted by Gasteiger charge is 2.45. The minimum absolute atomic E-state index is 0.163. The molecule has 0 saturated heterocycles. The van der Waals surface area contributed by atoms with E-state index >= 15 is 0 Å². The van der Waals surface area contributed by atoms with Crippen LogP contribution in [0, 0.1) is 0 Å². The van der Waals surface area contributed by atoms with Gasteiger partial charge in [-0.15, -0.1) is 11.3 Å². The fourth-order valence-electron chi connectivity index (χ4n) is 3.26. The van der Waals surface area contributed by atoms with Crippen LogP contribution >= 0.6 is 22.9 Å². The predicted octanol–water partition coefficient (Wildman–Crippen LogP) is 4.80. The molecule has 4 heterocycles. The van der Waals surface area contributed by atoms with E-state index in [1.54, 1.807) is 4.90 Å². The third-order valence-corrected chi connectivity index (χ3v) is 5.68. The van der Waals surface area contributed by atoms with E-state index in [9.17, 15) is 4.79 Å². The Morgan fingerprint density at radius 2 is 2.11 bits per heavy atom. The molecule has 0 atom stereocenters. The van der Waals surface area contributed by atoms with Crippen molar-refractivity contribution < 1.29 is 9.53 Å². The first kappa shape index (κ1) is 18.9. The van der Waals surface area contributed by atoms with Crippen LogP contribution in [0.15, 0.2) is 11.4 Å². The first-order valence-corrected chi connectivity index (χ1v) is 10.1. The van der Waals surface area contributed by atoms with Crippen molar-refractivity contribution in [3.63, 3.8) is 0 Å². The maximum Gasteiger partial charge on any atom is 0.411 e. The molecule has 0 unspecified atom stereocenters. The van der Waals surface area contributed by atoms with Gasteiger partial charge in [-0.1, -0.05) is 0 Å². The van der Waals surface area contributed by atoms with Gasteiger partial charge in [-0.25, -0.2) is 9.78 Å². The molecule has 0 spiro atoms. The van der Waals surface area contributed by atoms with Crippen molar-refractivity contribution in [1.82, 2.24) is 25.1 Å². The summed E-state index contributed by atoms with van der Waals surface area (Å²) in [6, 6.07) is 1.89. The number of anilines is 2. The summed E-state index contributed by atoms with van der Waals surface area (Å²) in [5.74, 6) is 1.20. The van der Waals surface area contributed by atoms with Gasteiger partial charge in [0.05, 0.1) is 28.0 Å². The maximum absolute atomic E-state index is 12.7. The van der Waals surface area contributed by atoms with Crippen LogP contribution in [0.3, 0.4) is 0 Å². The van der Waals surface area contributed by atoms with E-state index in [0.717, 1.165) is 21.5 Å². The van der Waals surface area contributed by atoms with Crippen molar-refractivity contribution in [2.45, 2.75) is 52.3 Å². The van der Waals surface area contributed by atoms with Crippen LogP contribution in [-0.4, -0.2) is 36.8 Å². The zero-order valence-corrected chi connectivity index (χ0v) is 17.8. The second-order valence-electron chi connectivity index (χ2n) is 8.15. The number of aromatic amines is 1. The largest absolute Gasteiger partial charge is 0.444 e. The lowest BCUT2D eigenvalue weighted by Gasteiger charge is -2.33. The molecule has 8 nitrogen and oxygen atoms in total. The molecule has 0 aromatic carbocycles. The SMILES string of the molecule is CC(C)(C)OC(=O)N1Cc2c(Nc3nc(Cl)nc4ccsc34)n[nH]c2C1(C)C. The molecule has 4 rings (SSSR count). The van der Waals surface area contributed by atoms with Crippen molar-refractivity contribution in [2.24, 2.45) is 0 Å². The standard InChI is InChI=1S/C18H21ClN6O2S/c1-17(2,3)27-16(26)25-8-9-12(18(25,4)5)23-24-13(9)21-14-11-10(6-7-28-11)20-15(19)22-14/h6-7H,8H2,1-5H3,(H2,20,21,22,23,24). The van der Waals surface area contributed by atoms with Crippen molar-refractivity contribution in [2.75, 3.05) is 5.32 Å². The normalized spacial score (nSPS) is 15.7. The molecule has 0 bridgehead atoms. The molecular formula is C18H21ClN6O2S. The zero-order valence-electron chi connectivity index (χ0n) is 16.3. The molecule has 148 valence electrons. The minimum Gasteiger partial charge on any atom is -0.444 e. The number of nitrogens with zero attached hydrogens (tertiary/aromatic N) is 4. The van der Waals surface area contributed by atoms with Gasteiger partial charge in [0.15, 0.2) is 11.6 Å². The Balaban J connectivity index is 1.66. The summed E-state index contributed by atoms with van der Waals surface area (Å²) in [7, 11) is 0. The Kier molecular flexibility index (Phi) is 4.27. The van der Waals surface area contributed by atoms with Crippen LogP contribution < -0.4 is 5.32 Å². The molecule has 2 N–H and O–H groups in total. The molecule has 1 amide bonds. The second kappa shape index (κ2) is 6.31. The van der Waals surface area contributed by atoms with Crippen LogP contribution in [0.5, 0.6) is 0 Å². The predicted molar refractivity (Wildman–Crippen MR) is 109 cm³/mol. The number of carbonyl (C=O) groups excluding carboxylic acids is 1. The Morgan fingerprint density at radius 3 is 2.82 bits per heavy atom. The quantitative estimate of drug-likeness (QED) is 0.578. The fourth-order valence-corrected chi connectivity index (χ4v) is 4.21. The van der Waals surface area contributed by atoms with Gasteiger partial charge in [0.1, 0.15) is 5.60 Å². The molecule has 3 aromatic heterocycles. The molecule has 0 aliphatic carbocycles. The van der Waals surface area contributed by atoms with E-state index in [0.29, 0.717) is 18.2 Å². The lowest BCUT2D eigenvalue weighted by Crippen LogP contribution is -2.43. The van der Waals surface area contributed by atoms with Crippen molar-refractivity contribution >= 4 is 50.9 Å². The minimum atomic E-state index is -0.577. The second-order valence-corrected chi connectivity index (χ2v) is 9.41. The molecule has 0 saturated carbocycles. The number of nitrogens with one attached hydrogen (secondary N) is 2. The molecule has 1 aliphatic heterocycles. The number of halogens is 1. The van der Waals surface area contributed by atoms with Crippen LogP contribution in [0.1, 0.15) is 45.9 Å². The third kappa shape index (κ3) is 3.18. The van der Waals surface area contributed by atoms with Gasteiger partial charge in [-0.2, -0.15) is 10.1 Å². The molecular weight excluding hydrogens is 400 g/mol. The highest BCUT2D eigenvalue weighted by Crippen LogP contribution is 2.42. The summed E-state index contributed by atoms with van der Waals surface area (Å²) in [4.78, 5) is 22.9. The van der Waals surface area contributed by atoms with Crippen LogP contribution in [0.25, 0.3) is 10.2 Å². The third-order valence-electron chi connectivity index (χ3n) is 4.60. The van der Waals surface area contributed by atoms with Crippen molar-refractivity contribution in [1.29, 1.82) is 0 Å². The Morgan fingerprint density at radius 1 is 1.36 bits per heavy atom. The summed E-state index contributed by atoms with van der Waals surface area (Å²) in [6.07, 6.45) is -0.362. The Hall–Kier alpha value is -2.39. The summed E-state index contributed by atoms with van der Waals surface area (Å²) >= 11 is 7.58. The topological polar surface area (TPSA) is 96.0 Å².